The topological polar surface area (TPSA) is 93.7 Å². The minimum atomic E-state index is -3.65. The molecule has 0 heterocycles. The van der Waals surface area contributed by atoms with E-state index in [9.17, 15) is 13.2 Å². The molecule has 118 valence electrons. The highest BCUT2D eigenvalue weighted by molar-refractivity contribution is 7.89. The van der Waals surface area contributed by atoms with Crippen molar-refractivity contribution >= 4 is 21.8 Å². The summed E-state index contributed by atoms with van der Waals surface area (Å²) in [5.41, 5.74) is 0.225. The van der Waals surface area contributed by atoms with Crippen LogP contribution in [-0.4, -0.2) is 34.3 Å². The van der Waals surface area contributed by atoms with E-state index in [1.54, 1.807) is 20.8 Å². The van der Waals surface area contributed by atoms with E-state index < -0.39 is 16.1 Å². The number of carbonyl (C=O) groups is 1. The maximum Gasteiger partial charge on any atom is 0.411 e. The van der Waals surface area contributed by atoms with Crippen molar-refractivity contribution in [3.05, 3.63) is 18.2 Å². The van der Waals surface area contributed by atoms with Gasteiger partial charge in [-0.2, -0.15) is 0 Å². The fraction of sp³-hybridized carbons (Fsp3) is 0.462. The van der Waals surface area contributed by atoms with Crippen molar-refractivity contribution in [3.8, 4) is 5.75 Å². The quantitative estimate of drug-likeness (QED) is 0.836. The number of carbonyl (C=O) groups excluding carboxylic acids is 1. The highest BCUT2D eigenvalue weighted by Gasteiger charge is 2.18. The van der Waals surface area contributed by atoms with Crippen LogP contribution in [0, 0.1) is 0 Å². The number of hydrogen-bond donors (Lipinski definition) is 2. The molecule has 8 heteroatoms. The summed E-state index contributed by atoms with van der Waals surface area (Å²) in [4.78, 5) is 11.5. The van der Waals surface area contributed by atoms with Crippen molar-refractivity contribution in [2.45, 2.75) is 31.7 Å². The summed E-state index contributed by atoms with van der Waals surface area (Å²) < 4.78 is 36.5. The molecule has 7 nitrogen and oxygen atoms in total. The van der Waals surface area contributed by atoms with E-state index >= 15 is 0 Å². The highest BCUT2D eigenvalue weighted by Crippen LogP contribution is 2.27. The second-order valence-electron chi connectivity index (χ2n) is 4.48. The minimum Gasteiger partial charge on any atom is -0.495 e. The van der Waals surface area contributed by atoms with Crippen LogP contribution < -0.4 is 14.8 Å². The fourth-order valence-corrected chi connectivity index (χ4v) is 2.88. The summed E-state index contributed by atoms with van der Waals surface area (Å²) in [5.74, 6) is 0.339. The summed E-state index contributed by atoms with van der Waals surface area (Å²) in [6.07, 6.45) is -0.679. The molecule has 0 saturated carbocycles. The molecule has 0 saturated heterocycles. The number of nitrogens with one attached hydrogen (secondary N) is 2. The standard InChI is InChI=1S/C13H20N2O5S/c1-5-20-13(16)14-11-8-10(6-7-12(11)19-4)21(17,18)15-9(2)3/h6-9,15H,5H2,1-4H3,(H,14,16). The van der Waals surface area contributed by atoms with E-state index in [-0.39, 0.29) is 23.2 Å². The zero-order chi connectivity index (χ0) is 16.0. The number of ether oxygens (including phenoxy) is 2. The number of methoxy groups -OCH3 is 1. The van der Waals surface area contributed by atoms with E-state index in [4.69, 9.17) is 9.47 Å². The van der Waals surface area contributed by atoms with E-state index in [1.165, 1.54) is 25.3 Å². The van der Waals surface area contributed by atoms with Crippen LogP contribution in [0.15, 0.2) is 23.1 Å². The monoisotopic (exact) mass is 316 g/mol. The summed E-state index contributed by atoms with van der Waals surface area (Å²) in [7, 11) is -2.23. The van der Waals surface area contributed by atoms with Crippen molar-refractivity contribution in [1.82, 2.24) is 4.72 Å². The van der Waals surface area contributed by atoms with Crippen molar-refractivity contribution in [2.24, 2.45) is 0 Å². The number of hydrogen-bond acceptors (Lipinski definition) is 5. The first-order valence-corrected chi connectivity index (χ1v) is 7.92. The van der Waals surface area contributed by atoms with Gasteiger partial charge in [0, 0.05) is 6.04 Å². The molecule has 0 unspecified atom stereocenters. The predicted molar refractivity (Wildman–Crippen MR) is 79.1 cm³/mol. The van der Waals surface area contributed by atoms with Crippen molar-refractivity contribution < 1.29 is 22.7 Å². The van der Waals surface area contributed by atoms with Gasteiger partial charge in [0.25, 0.3) is 0 Å². The Balaban J connectivity index is 3.13. The molecule has 1 aromatic carbocycles. The van der Waals surface area contributed by atoms with Crippen LogP contribution in [-0.2, 0) is 14.8 Å². The van der Waals surface area contributed by atoms with Crippen LogP contribution in [0.3, 0.4) is 0 Å². The zero-order valence-electron chi connectivity index (χ0n) is 12.5. The normalized spacial score (nSPS) is 11.3. The summed E-state index contributed by atoms with van der Waals surface area (Å²) >= 11 is 0. The van der Waals surface area contributed by atoms with Gasteiger partial charge in [-0.1, -0.05) is 0 Å². The molecule has 1 amide bonds. The van der Waals surface area contributed by atoms with Gasteiger partial charge < -0.3 is 9.47 Å². The van der Waals surface area contributed by atoms with Crippen LogP contribution in [0.25, 0.3) is 0 Å². The van der Waals surface area contributed by atoms with Crippen LogP contribution >= 0.6 is 0 Å². The molecule has 0 aliphatic carbocycles. The zero-order valence-corrected chi connectivity index (χ0v) is 13.3. The predicted octanol–water partition coefficient (Wildman–Crippen LogP) is 1.95. The lowest BCUT2D eigenvalue weighted by Crippen LogP contribution is -2.30. The summed E-state index contributed by atoms with van der Waals surface area (Å²) in [6.45, 7) is 5.32. The van der Waals surface area contributed by atoms with Crippen LogP contribution in [0.5, 0.6) is 5.75 Å². The number of sulfonamides is 1. The first-order chi connectivity index (χ1) is 9.80. The molecule has 0 fully saturated rings. The lowest BCUT2D eigenvalue weighted by Gasteiger charge is -2.13. The van der Waals surface area contributed by atoms with Crippen molar-refractivity contribution in [2.75, 3.05) is 19.0 Å². The Morgan fingerprint density at radius 2 is 2.00 bits per heavy atom. The maximum atomic E-state index is 12.1. The third-order valence-corrected chi connectivity index (χ3v) is 4.04. The number of amides is 1. The van der Waals surface area contributed by atoms with E-state index in [2.05, 4.69) is 10.0 Å². The van der Waals surface area contributed by atoms with Crippen molar-refractivity contribution in [1.29, 1.82) is 0 Å². The smallest absolute Gasteiger partial charge is 0.411 e. The molecular weight excluding hydrogens is 296 g/mol. The third kappa shape index (κ3) is 4.91. The molecule has 0 bridgehead atoms. The van der Waals surface area contributed by atoms with Gasteiger partial charge in [0.15, 0.2) is 0 Å². The van der Waals surface area contributed by atoms with Gasteiger partial charge in [0.2, 0.25) is 10.0 Å². The number of rotatable bonds is 6. The van der Waals surface area contributed by atoms with Gasteiger partial charge in [-0.15, -0.1) is 0 Å². The molecule has 2 N–H and O–H groups in total. The van der Waals surface area contributed by atoms with Gasteiger partial charge in [-0.05, 0) is 39.0 Å². The lowest BCUT2D eigenvalue weighted by molar-refractivity contribution is 0.168. The van der Waals surface area contributed by atoms with E-state index in [1.807, 2.05) is 0 Å². The second kappa shape index (κ2) is 7.28. The Kier molecular flexibility index (Phi) is 5.98. The number of anilines is 1. The van der Waals surface area contributed by atoms with E-state index in [0.29, 0.717) is 5.75 Å². The summed E-state index contributed by atoms with van der Waals surface area (Å²) in [5, 5.41) is 2.45. The Morgan fingerprint density at radius 1 is 1.33 bits per heavy atom. The average molecular weight is 316 g/mol. The first-order valence-electron chi connectivity index (χ1n) is 6.44. The molecule has 1 aromatic rings. The average Bonchev–Trinajstić information content (AvgIpc) is 2.37. The molecular formula is C13H20N2O5S. The highest BCUT2D eigenvalue weighted by atomic mass is 32.2. The molecule has 0 aromatic heterocycles. The van der Waals surface area contributed by atoms with Gasteiger partial charge >= 0.3 is 6.09 Å². The van der Waals surface area contributed by atoms with Gasteiger partial charge in [-0.3, -0.25) is 5.32 Å². The van der Waals surface area contributed by atoms with Gasteiger partial charge in [0.1, 0.15) is 5.75 Å². The summed E-state index contributed by atoms with van der Waals surface area (Å²) in [6, 6.07) is 3.95. The van der Waals surface area contributed by atoms with Crippen molar-refractivity contribution in [3.63, 3.8) is 0 Å². The largest absolute Gasteiger partial charge is 0.495 e. The van der Waals surface area contributed by atoms with Crippen LogP contribution in [0.2, 0.25) is 0 Å². The minimum absolute atomic E-state index is 0.0313. The first kappa shape index (κ1) is 17.3. The molecule has 0 aliphatic rings. The Labute approximate surface area is 124 Å². The van der Waals surface area contributed by atoms with Crippen LogP contribution in [0.4, 0.5) is 10.5 Å². The molecule has 1 rings (SSSR count). The lowest BCUT2D eigenvalue weighted by atomic mass is 10.3. The molecule has 0 spiro atoms. The maximum absolute atomic E-state index is 12.1. The Bertz CT molecular complexity index is 599. The Hall–Kier alpha value is -1.80. The van der Waals surface area contributed by atoms with Gasteiger partial charge in [0.05, 0.1) is 24.3 Å². The SMILES string of the molecule is CCOC(=O)Nc1cc(S(=O)(=O)NC(C)C)ccc1OC. The molecule has 0 aliphatic heterocycles. The molecule has 21 heavy (non-hydrogen) atoms. The Morgan fingerprint density at radius 3 is 2.52 bits per heavy atom. The third-order valence-electron chi connectivity index (χ3n) is 2.38. The second-order valence-corrected chi connectivity index (χ2v) is 6.20. The van der Waals surface area contributed by atoms with Crippen LogP contribution in [0.1, 0.15) is 20.8 Å². The molecule has 0 atom stereocenters. The molecule has 0 radical (unpaired) electrons. The van der Waals surface area contributed by atoms with E-state index in [0.717, 1.165) is 0 Å². The van der Waals surface area contributed by atoms with Gasteiger partial charge in [-0.25, -0.2) is 17.9 Å². The number of benzene rings is 1. The fourth-order valence-electron chi connectivity index (χ4n) is 1.61.